The Morgan fingerprint density at radius 1 is 0.609 bits per heavy atom. The van der Waals surface area contributed by atoms with Crippen LogP contribution in [0.3, 0.4) is 0 Å². The smallest absolute Gasteiger partial charge is 0.335 e. The number of rotatable bonds is 16. The van der Waals surface area contributed by atoms with E-state index < -0.39 is 26.0 Å². The van der Waals surface area contributed by atoms with Gasteiger partial charge in [0.2, 0.25) is 20.0 Å². The number of carbonyl (C=O) groups excluding carboxylic acids is 2. The molecule has 0 bridgehead atoms. The highest BCUT2D eigenvalue weighted by molar-refractivity contribution is 7.89. The molecular weight excluding hydrogens is 629 g/mol. The monoisotopic (exact) mass is 684 g/mol. The van der Waals surface area contributed by atoms with Crippen LogP contribution >= 0.6 is 0 Å². The Kier molecular flexibility index (Phi) is 24.8. The molecule has 0 aromatic heterocycles. The molecule has 0 aliphatic rings. The zero-order valence-corrected chi connectivity index (χ0v) is 30.6. The summed E-state index contributed by atoms with van der Waals surface area (Å²) in [5, 5.41) is 8.80. The molecule has 0 fully saturated rings. The van der Waals surface area contributed by atoms with Crippen LogP contribution in [-0.4, -0.2) is 74.8 Å². The number of aromatic carboxylic acids is 1. The molecule has 10 nitrogen and oxygen atoms in total. The van der Waals surface area contributed by atoms with Crippen LogP contribution < -0.4 is 0 Å². The van der Waals surface area contributed by atoms with Crippen molar-refractivity contribution in [1.29, 1.82) is 0 Å². The lowest BCUT2D eigenvalue weighted by atomic mass is 10.1. The number of hydrogen-bond acceptors (Lipinski definition) is 7. The first-order valence-corrected chi connectivity index (χ1v) is 19.0. The Hall–Kier alpha value is -2.93. The van der Waals surface area contributed by atoms with Gasteiger partial charge >= 0.3 is 5.97 Å². The molecule has 46 heavy (non-hydrogen) atoms. The Labute approximate surface area is 278 Å². The van der Waals surface area contributed by atoms with E-state index in [2.05, 4.69) is 13.8 Å². The maximum absolute atomic E-state index is 12.6. The number of ketones is 1. The molecule has 2 aromatic carbocycles. The van der Waals surface area contributed by atoms with Crippen LogP contribution in [0.15, 0.2) is 58.3 Å². The normalized spacial score (nSPS) is 10.9. The van der Waals surface area contributed by atoms with Crippen LogP contribution in [0.4, 0.5) is 0 Å². The van der Waals surface area contributed by atoms with Crippen molar-refractivity contribution in [3.8, 4) is 0 Å². The van der Waals surface area contributed by atoms with E-state index in [-0.39, 0.29) is 21.1 Å². The molecule has 0 saturated carbocycles. The first kappa shape index (κ1) is 45.2. The number of carboxylic acids is 1. The summed E-state index contributed by atoms with van der Waals surface area (Å²) in [6.45, 7) is 17.4. The zero-order chi connectivity index (χ0) is 35.8. The predicted molar refractivity (Wildman–Crippen MR) is 185 cm³/mol. The third-order valence-corrected chi connectivity index (χ3v) is 9.75. The third kappa shape index (κ3) is 16.1. The number of Topliss-reactive ketones (excluding diaryl/α,β-unsaturated/α-hetero) is 1. The molecule has 0 saturated heterocycles. The highest BCUT2D eigenvalue weighted by Crippen LogP contribution is 2.19. The zero-order valence-electron chi connectivity index (χ0n) is 29.0. The van der Waals surface area contributed by atoms with Gasteiger partial charge in [-0.25, -0.2) is 21.6 Å². The molecule has 2 aromatic rings. The van der Waals surface area contributed by atoms with Gasteiger partial charge in [-0.15, -0.1) is 0 Å². The number of carbonyl (C=O) groups is 3. The minimum Gasteiger partial charge on any atom is -0.478 e. The minimum absolute atomic E-state index is 0.0559. The molecule has 12 heteroatoms. The van der Waals surface area contributed by atoms with Crippen LogP contribution in [-0.2, 0) is 24.8 Å². The maximum Gasteiger partial charge on any atom is 0.335 e. The van der Waals surface area contributed by atoms with E-state index in [0.717, 1.165) is 38.4 Å². The molecule has 0 aliphatic heterocycles. The summed E-state index contributed by atoms with van der Waals surface area (Å²) in [5.41, 5.74) is 0.657. The predicted octanol–water partition coefficient (Wildman–Crippen LogP) is 7.30. The summed E-state index contributed by atoms with van der Waals surface area (Å²) in [7, 11) is -6.99. The Balaban J connectivity index is 0. The fourth-order valence-corrected chi connectivity index (χ4v) is 7.20. The fourth-order valence-electron chi connectivity index (χ4n) is 3.95. The molecule has 0 atom stereocenters. The quantitative estimate of drug-likeness (QED) is 0.143. The van der Waals surface area contributed by atoms with Gasteiger partial charge in [0.05, 0.1) is 15.4 Å². The largest absolute Gasteiger partial charge is 0.478 e. The average molecular weight is 685 g/mol. The average Bonchev–Trinajstić information content (AvgIpc) is 3.02. The molecule has 0 aliphatic carbocycles. The van der Waals surface area contributed by atoms with E-state index in [1.165, 1.54) is 58.4 Å². The van der Waals surface area contributed by atoms with Crippen molar-refractivity contribution in [2.75, 3.05) is 26.2 Å². The highest BCUT2D eigenvalue weighted by Gasteiger charge is 2.24. The van der Waals surface area contributed by atoms with Crippen molar-refractivity contribution in [2.24, 2.45) is 0 Å². The molecule has 2 rings (SSSR count). The van der Waals surface area contributed by atoms with Gasteiger partial charge in [-0.05, 0) is 75.4 Å². The van der Waals surface area contributed by atoms with Crippen molar-refractivity contribution in [1.82, 2.24) is 8.61 Å². The van der Waals surface area contributed by atoms with E-state index >= 15 is 0 Å². The SMILES string of the molecule is CC=O.CCC.CCCC(=O)c1ccc(S(=O)(=O)N(CCC)CCC)cc1.CCCN(CCC)S(=O)(=O)c1ccc(C(=O)O)cc1. The minimum atomic E-state index is -3.53. The summed E-state index contributed by atoms with van der Waals surface area (Å²) in [5.74, 6) is -1.01. The summed E-state index contributed by atoms with van der Waals surface area (Å²) >= 11 is 0. The summed E-state index contributed by atoms with van der Waals surface area (Å²) in [6.07, 6.45) is 6.33. The highest BCUT2D eigenvalue weighted by atomic mass is 32.2. The van der Waals surface area contributed by atoms with Crippen LogP contribution in [0.25, 0.3) is 0 Å². The molecule has 0 heterocycles. The van der Waals surface area contributed by atoms with E-state index in [9.17, 15) is 26.4 Å². The number of nitrogens with zero attached hydrogens (tertiary/aromatic N) is 2. The molecule has 1 N–H and O–H groups in total. The van der Waals surface area contributed by atoms with Gasteiger partial charge in [0.1, 0.15) is 6.29 Å². The summed E-state index contributed by atoms with van der Waals surface area (Å²) in [6, 6.07) is 11.6. The van der Waals surface area contributed by atoms with Crippen molar-refractivity contribution in [2.45, 2.75) is 110 Å². The van der Waals surface area contributed by atoms with Crippen LogP contribution in [0.1, 0.15) is 121 Å². The number of hydrogen-bond donors (Lipinski definition) is 1. The van der Waals surface area contributed by atoms with Crippen molar-refractivity contribution >= 4 is 38.1 Å². The lowest BCUT2D eigenvalue weighted by molar-refractivity contribution is -0.106. The lowest BCUT2D eigenvalue weighted by Gasteiger charge is -2.21. The van der Waals surface area contributed by atoms with Crippen molar-refractivity contribution in [3.05, 3.63) is 59.7 Å². The lowest BCUT2D eigenvalue weighted by Crippen LogP contribution is -2.32. The van der Waals surface area contributed by atoms with Gasteiger partial charge in [0.15, 0.2) is 5.78 Å². The van der Waals surface area contributed by atoms with Gasteiger partial charge < -0.3 is 9.90 Å². The molecule has 0 spiro atoms. The summed E-state index contributed by atoms with van der Waals surface area (Å²) in [4.78, 5) is 31.7. The van der Waals surface area contributed by atoms with Gasteiger partial charge in [0.25, 0.3) is 0 Å². The molecular formula is C34H56N2O8S2. The topological polar surface area (TPSA) is 146 Å². The molecule has 0 amide bonds. The standard InChI is InChI=1S/C16H25NO3S.C13H19NO4S.C3H8.C2H4O/c1-4-7-16(18)14-8-10-15(11-9-14)21(19,20)17(12-5-2)13-6-3;1-3-9-14(10-4-2)19(17,18)12-7-5-11(6-8-12)13(15)16;1-3-2;1-2-3/h8-11H,4-7,12-13H2,1-3H3;5-8H,3-4,9-10H2,1-2H3,(H,15,16);3H2,1-2H3;2H,1H3. The summed E-state index contributed by atoms with van der Waals surface area (Å²) < 4.78 is 52.8. The number of benzene rings is 2. The van der Waals surface area contributed by atoms with E-state index in [0.29, 0.717) is 38.2 Å². The first-order chi connectivity index (χ1) is 21.7. The van der Waals surface area contributed by atoms with Crippen LogP contribution in [0.2, 0.25) is 0 Å². The van der Waals surface area contributed by atoms with E-state index in [1.807, 2.05) is 34.6 Å². The van der Waals surface area contributed by atoms with E-state index in [1.54, 1.807) is 12.1 Å². The third-order valence-electron chi connectivity index (χ3n) is 5.92. The van der Waals surface area contributed by atoms with Crippen LogP contribution in [0.5, 0.6) is 0 Å². The van der Waals surface area contributed by atoms with Gasteiger partial charge in [0, 0.05) is 38.2 Å². The second kappa shape index (κ2) is 25.2. The second-order valence-corrected chi connectivity index (χ2v) is 14.2. The number of carboxylic acid groups (broad SMARTS) is 1. The van der Waals surface area contributed by atoms with Crippen LogP contribution in [0, 0.1) is 0 Å². The first-order valence-electron chi connectivity index (χ1n) is 16.1. The Morgan fingerprint density at radius 2 is 0.891 bits per heavy atom. The molecule has 0 radical (unpaired) electrons. The van der Waals surface area contributed by atoms with Gasteiger partial charge in [-0.1, -0.05) is 67.0 Å². The van der Waals surface area contributed by atoms with E-state index in [4.69, 9.17) is 9.90 Å². The maximum atomic E-state index is 12.6. The van der Waals surface area contributed by atoms with Gasteiger partial charge in [-0.3, -0.25) is 4.79 Å². The van der Waals surface area contributed by atoms with Crippen molar-refractivity contribution < 1.29 is 36.3 Å². The Morgan fingerprint density at radius 3 is 1.13 bits per heavy atom. The number of sulfonamides is 2. The Bertz CT molecular complexity index is 1330. The molecule has 0 unspecified atom stereocenters. The fraction of sp³-hybridized carbons (Fsp3) is 0.559. The molecule has 262 valence electrons. The number of aldehydes is 1. The van der Waals surface area contributed by atoms with Crippen molar-refractivity contribution in [3.63, 3.8) is 0 Å². The van der Waals surface area contributed by atoms with Gasteiger partial charge in [-0.2, -0.15) is 8.61 Å². The second-order valence-electron chi connectivity index (χ2n) is 10.3.